The predicted octanol–water partition coefficient (Wildman–Crippen LogP) is 1.77. The quantitative estimate of drug-likeness (QED) is 0.766. The van der Waals surface area contributed by atoms with Crippen molar-refractivity contribution in [3.63, 3.8) is 0 Å². The first-order valence-corrected chi connectivity index (χ1v) is 6.51. The number of halogens is 1. The van der Waals surface area contributed by atoms with Crippen molar-refractivity contribution in [2.45, 2.75) is 0 Å². The Morgan fingerprint density at radius 2 is 2.00 bits per heavy atom. The molecule has 0 saturated carbocycles. The number of carbonyl (C=O) groups is 1. The first-order valence-electron chi connectivity index (χ1n) is 3.91. The van der Waals surface area contributed by atoms with Crippen LogP contribution in [-0.2, 0) is 4.57 Å². The van der Waals surface area contributed by atoms with Crippen molar-refractivity contribution in [3.05, 3.63) is 29.6 Å². The van der Waals surface area contributed by atoms with Gasteiger partial charge in [0.1, 0.15) is 13.0 Å². The van der Waals surface area contributed by atoms with E-state index >= 15 is 0 Å². The first kappa shape index (κ1) is 10.9. The van der Waals surface area contributed by atoms with Crippen LogP contribution in [0.2, 0.25) is 0 Å². The Labute approximate surface area is 80.9 Å². The summed E-state index contributed by atoms with van der Waals surface area (Å²) in [6, 6.07) is 3.19. The average Bonchev–Trinajstić information content (AvgIpc) is 2.01. The smallest absolute Gasteiger partial charge is 0.336 e. The molecule has 0 aliphatic heterocycles. The fraction of sp³-hybridized carbons (Fsp3) is 0.222. The lowest BCUT2D eigenvalue weighted by atomic mass is 10.2. The fourth-order valence-electron chi connectivity index (χ4n) is 1.13. The topological polar surface area (TPSA) is 54.4 Å². The highest BCUT2D eigenvalue weighted by Crippen LogP contribution is 2.36. The van der Waals surface area contributed by atoms with E-state index in [1.54, 1.807) is 0 Å². The molecule has 0 amide bonds. The number of carboxylic acid groups (broad SMARTS) is 1. The van der Waals surface area contributed by atoms with Crippen molar-refractivity contribution in [2.24, 2.45) is 0 Å². The number of aromatic carboxylic acids is 1. The van der Waals surface area contributed by atoms with Crippen LogP contribution in [0.4, 0.5) is 4.39 Å². The van der Waals surface area contributed by atoms with Gasteiger partial charge >= 0.3 is 5.97 Å². The van der Waals surface area contributed by atoms with Crippen molar-refractivity contribution < 1.29 is 18.9 Å². The zero-order valence-corrected chi connectivity index (χ0v) is 8.72. The van der Waals surface area contributed by atoms with Gasteiger partial charge in [0.2, 0.25) is 0 Å². The van der Waals surface area contributed by atoms with Gasteiger partial charge in [0, 0.05) is 5.30 Å². The Balaban J connectivity index is 3.46. The van der Waals surface area contributed by atoms with Crippen LogP contribution in [0, 0.1) is 5.82 Å². The molecule has 0 spiro atoms. The third-order valence-electron chi connectivity index (χ3n) is 1.77. The molecular weight excluding hydrogens is 206 g/mol. The number of rotatable bonds is 2. The van der Waals surface area contributed by atoms with Crippen molar-refractivity contribution in [1.29, 1.82) is 0 Å². The van der Waals surface area contributed by atoms with Gasteiger partial charge in [0.25, 0.3) is 0 Å². The van der Waals surface area contributed by atoms with E-state index in [0.717, 1.165) is 18.2 Å². The SMILES string of the molecule is CP(C)(=O)c1cc(F)ccc1C(=O)O. The zero-order chi connectivity index (χ0) is 10.9. The standard InChI is InChI=1S/C9H10FO3P/c1-14(2,13)8-5-6(10)3-4-7(8)9(11)12/h3-5H,1-2H3,(H,11,12). The van der Waals surface area contributed by atoms with Gasteiger partial charge in [0.05, 0.1) is 5.56 Å². The molecule has 0 aliphatic carbocycles. The second-order valence-electron chi connectivity index (χ2n) is 3.32. The highest BCUT2D eigenvalue weighted by atomic mass is 31.2. The molecule has 0 bridgehead atoms. The van der Waals surface area contributed by atoms with Gasteiger partial charge in [-0.25, -0.2) is 9.18 Å². The van der Waals surface area contributed by atoms with Gasteiger partial charge in [-0.1, -0.05) is 0 Å². The molecule has 5 heteroatoms. The molecule has 1 rings (SSSR count). The van der Waals surface area contributed by atoms with Crippen molar-refractivity contribution >= 4 is 18.4 Å². The molecule has 0 heterocycles. The minimum absolute atomic E-state index is 0.0741. The molecular formula is C9H10FO3P. The highest BCUT2D eigenvalue weighted by molar-refractivity contribution is 7.70. The second kappa shape index (κ2) is 3.54. The molecule has 0 saturated heterocycles. The molecule has 14 heavy (non-hydrogen) atoms. The van der Waals surface area contributed by atoms with Crippen molar-refractivity contribution in [3.8, 4) is 0 Å². The van der Waals surface area contributed by atoms with E-state index in [-0.39, 0.29) is 10.9 Å². The minimum Gasteiger partial charge on any atom is -0.478 e. The summed E-state index contributed by atoms with van der Waals surface area (Å²) in [6.07, 6.45) is 0. The third kappa shape index (κ3) is 2.20. The maximum absolute atomic E-state index is 12.8. The maximum atomic E-state index is 12.8. The maximum Gasteiger partial charge on any atom is 0.336 e. The summed E-state index contributed by atoms with van der Waals surface area (Å²) in [7, 11) is -2.76. The lowest BCUT2D eigenvalue weighted by Crippen LogP contribution is -2.15. The number of hydrogen-bond donors (Lipinski definition) is 1. The molecule has 0 fully saturated rings. The van der Waals surface area contributed by atoms with Crippen LogP contribution in [-0.4, -0.2) is 24.4 Å². The van der Waals surface area contributed by atoms with Crippen LogP contribution >= 0.6 is 7.14 Å². The van der Waals surface area contributed by atoms with Crippen LogP contribution in [0.25, 0.3) is 0 Å². The van der Waals surface area contributed by atoms with Gasteiger partial charge in [-0.2, -0.15) is 0 Å². The Morgan fingerprint density at radius 3 is 2.43 bits per heavy atom. The summed E-state index contributed by atoms with van der Waals surface area (Å²) in [5.41, 5.74) is -0.0975. The van der Waals surface area contributed by atoms with Gasteiger partial charge in [-0.3, -0.25) is 0 Å². The van der Waals surface area contributed by atoms with Gasteiger partial charge in [-0.05, 0) is 31.5 Å². The highest BCUT2D eigenvalue weighted by Gasteiger charge is 2.20. The minimum atomic E-state index is -2.76. The summed E-state index contributed by atoms with van der Waals surface area (Å²) in [5.74, 6) is -1.77. The van der Waals surface area contributed by atoms with Gasteiger partial charge in [0.15, 0.2) is 0 Å². The third-order valence-corrected chi connectivity index (χ3v) is 3.30. The number of hydrogen-bond acceptors (Lipinski definition) is 2. The zero-order valence-electron chi connectivity index (χ0n) is 7.82. The molecule has 0 unspecified atom stereocenters. The Kier molecular flexibility index (Phi) is 2.76. The Bertz CT molecular complexity index is 422. The van der Waals surface area contributed by atoms with Crippen LogP contribution in [0.1, 0.15) is 10.4 Å². The van der Waals surface area contributed by atoms with E-state index in [1.165, 1.54) is 13.3 Å². The Morgan fingerprint density at radius 1 is 1.43 bits per heavy atom. The summed E-state index contributed by atoms with van der Waals surface area (Å²) in [6.45, 7) is 2.82. The fourth-order valence-corrected chi connectivity index (χ4v) is 2.32. The molecule has 0 radical (unpaired) electrons. The van der Waals surface area contributed by atoms with Gasteiger partial charge in [-0.15, -0.1) is 0 Å². The summed E-state index contributed by atoms with van der Waals surface area (Å²) >= 11 is 0. The molecule has 3 nitrogen and oxygen atoms in total. The van der Waals surface area contributed by atoms with Crippen LogP contribution in [0.5, 0.6) is 0 Å². The van der Waals surface area contributed by atoms with Crippen LogP contribution in [0.3, 0.4) is 0 Å². The van der Waals surface area contributed by atoms with E-state index in [4.69, 9.17) is 5.11 Å². The number of carboxylic acids is 1. The molecule has 1 aromatic rings. The van der Waals surface area contributed by atoms with E-state index in [9.17, 15) is 13.8 Å². The molecule has 1 N–H and O–H groups in total. The van der Waals surface area contributed by atoms with E-state index < -0.39 is 18.9 Å². The molecule has 76 valence electrons. The Hall–Kier alpha value is -1.15. The normalized spacial score (nSPS) is 11.4. The first-order chi connectivity index (χ1) is 6.32. The lowest BCUT2D eigenvalue weighted by Gasteiger charge is -2.10. The monoisotopic (exact) mass is 216 g/mol. The van der Waals surface area contributed by atoms with E-state index in [0.29, 0.717) is 0 Å². The molecule has 0 atom stereocenters. The number of benzene rings is 1. The van der Waals surface area contributed by atoms with Crippen LogP contribution in [0.15, 0.2) is 18.2 Å². The molecule has 0 aromatic heterocycles. The van der Waals surface area contributed by atoms with E-state index in [1.807, 2.05) is 0 Å². The summed E-state index contributed by atoms with van der Waals surface area (Å²) < 4.78 is 24.5. The summed E-state index contributed by atoms with van der Waals surface area (Å²) in [5, 5.41) is 8.85. The largest absolute Gasteiger partial charge is 0.478 e. The second-order valence-corrected chi connectivity index (χ2v) is 6.50. The van der Waals surface area contributed by atoms with E-state index in [2.05, 4.69) is 0 Å². The summed E-state index contributed by atoms with van der Waals surface area (Å²) in [4.78, 5) is 10.7. The van der Waals surface area contributed by atoms with Crippen LogP contribution < -0.4 is 5.30 Å². The average molecular weight is 216 g/mol. The van der Waals surface area contributed by atoms with Crippen molar-refractivity contribution in [2.75, 3.05) is 13.3 Å². The lowest BCUT2D eigenvalue weighted by molar-refractivity contribution is 0.0698. The molecule has 1 aromatic carbocycles. The predicted molar refractivity (Wildman–Crippen MR) is 52.4 cm³/mol. The molecule has 0 aliphatic rings. The van der Waals surface area contributed by atoms with Gasteiger partial charge < -0.3 is 9.67 Å². The van der Waals surface area contributed by atoms with Crippen molar-refractivity contribution in [1.82, 2.24) is 0 Å².